The smallest absolute Gasteiger partial charge is 0.318 e. The van der Waals surface area contributed by atoms with Crippen LogP contribution in [0.3, 0.4) is 0 Å². The Balaban J connectivity index is 1.63. The topological polar surface area (TPSA) is 116 Å². The predicted octanol–water partition coefficient (Wildman–Crippen LogP) is 6.16. The van der Waals surface area contributed by atoms with E-state index in [0.717, 1.165) is 37.3 Å². The fourth-order valence-corrected chi connectivity index (χ4v) is 4.91. The zero-order valence-corrected chi connectivity index (χ0v) is 21.7. The van der Waals surface area contributed by atoms with Crippen molar-refractivity contribution in [2.75, 3.05) is 0 Å². The number of phenols is 3. The minimum Gasteiger partial charge on any atom is -0.508 e. The van der Waals surface area contributed by atoms with Gasteiger partial charge in [0.05, 0.1) is 0 Å². The van der Waals surface area contributed by atoms with Gasteiger partial charge in [-0.25, -0.2) is 0 Å². The van der Waals surface area contributed by atoms with E-state index >= 15 is 0 Å². The zero-order chi connectivity index (χ0) is 27.0. The Bertz CT molecular complexity index is 1320. The number of hydrogen-bond donors (Lipinski definition) is 4. The van der Waals surface area contributed by atoms with Crippen molar-refractivity contribution in [3.8, 4) is 28.7 Å². The number of ketones is 1. The summed E-state index contributed by atoms with van der Waals surface area (Å²) in [6, 6.07) is 6.52. The van der Waals surface area contributed by atoms with Crippen molar-refractivity contribution in [2.45, 2.75) is 71.2 Å². The Hall–Kier alpha value is -3.71. The molecule has 0 aromatic heterocycles. The molecule has 37 heavy (non-hydrogen) atoms. The summed E-state index contributed by atoms with van der Waals surface area (Å²) in [6.45, 7) is 8.30. The van der Waals surface area contributed by atoms with E-state index in [9.17, 15) is 25.2 Å². The molecule has 196 valence electrons. The number of aromatic hydroxyl groups is 3. The lowest BCUT2D eigenvalue weighted by atomic mass is 9.77. The number of carbonyl (C=O) groups is 1. The molecule has 0 unspecified atom stereocenters. The van der Waals surface area contributed by atoms with Crippen LogP contribution in [0.1, 0.15) is 75.7 Å². The summed E-state index contributed by atoms with van der Waals surface area (Å²) in [5.41, 5.74) is 2.11. The normalized spacial score (nSPS) is 22.5. The van der Waals surface area contributed by atoms with E-state index in [1.807, 2.05) is 13.0 Å². The molecule has 2 atom stereocenters. The van der Waals surface area contributed by atoms with Crippen LogP contribution >= 0.6 is 0 Å². The second kappa shape index (κ2) is 9.98. The first-order valence-corrected chi connectivity index (χ1v) is 12.5. The van der Waals surface area contributed by atoms with Gasteiger partial charge in [0.2, 0.25) is 11.4 Å². The number of benzene rings is 2. The van der Waals surface area contributed by atoms with Gasteiger partial charge in [0.1, 0.15) is 34.3 Å². The van der Waals surface area contributed by atoms with Crippen molar-refractivity contribution in [1.82, 2.24) is 0 Å². The summed E-state index contributed by atoms with van der Waals surface area (Å²) in [4.78, 5) is 13.5. The van der Waals surface area contributed by atoms with Crippen LogP contribution in [0.4, 0.5) is 0 Å². The second-order valence-corrected chi connectivity index (χ2v) is 10.2. The third kappa shape index (κ3) is 4.83. The molecule has 7 heteroatoms. The van der Waals surface area contributed by atoms with Crippen molar-refractivity contribution in [3.05, 3.63) is 76.4 Å². The molecule has 0 amide bonds. The Labute approximate surface area is 217 Å². The molecule has 0 saturated heterocycles. The highest BCUT2D eigenvalue weighted by Gasteiger charge is 2.69. The molecule has 4 rings (SSSR count). The van der Waals surface area contributed by atoms with Crippen LogP contribution in [0.25, 0.3) is 0 Å². The first-order chi connectivity index (χ1) is 17.5. The third-order valence-electron chi connectivity index (χ3n) is 6.95. The molecule has 0 bridgehead atoms. The Morgan fingerprint density at radius 3 is 2.19 bits per heavy atom. The second-order valence-electron chi connectivity index (χ2n) is 10.2. The maximum Gasteiger partial charge on any atom is 0.318 e. The Kier molecular flexibility index (Phi) is 7.11. The first-order valence-electron chi connectivity index (χ1n) is 12.5. The number of ether oxygens (including phenoxy) is 2. The number of fused-ring (bicyclic) bond motifs is 4. The van der Waals surface area contributed by atoms with Crippen molar-refractivity contribution in [3.63, 3.8) is 0 Å². The molecule has 2 heterocycles. The van der Waals surface area contributed by atoms with Gasteiger partial charge < -0.3 is 29.9 Å². The number of phenolic OH excluding ortho intramolecular Hbond substituents is 3. The lowest BCUT2D eigenvalue weighted by Crippen LogP contribution is -2.62. The predicted molar refractivity (Wildman–Crippen MR) is 140 cm³/mol. The lowest BCUT2D eigenvalue weighted by Gasteiger charge is -2.43. The maximum atomic E-state index is 13.5. The molecule has 2 aliphatic heterocycles. The molecule has 0 radical (unpaired) electrons. The number of Topliss-reactive ketones (excluding diaryl/α,β-unsaturated/α-hetero) is 1. The molecule has 2 aliphatic rings. The molecular formula is C30H34O7. The average Bonchev–Trinajstić information content (AvgIpc) is 3.05. The number of carbonyl (C=O) groups excluding carboxylic acids is 1. The van der Waals surface area contributed by atoms with Gasteiger partial charge in [-0.3, -0.25) is 4.79 Å². The fraction of sp³-hybridized carbons (Fsp3) is 0.367. The van der Waals surface area contributed by atoms with Crippen LogP contribution in [-0.2, 0) is 5.60 Å². The molecular weight excluding hydrogens is 472 g/mol. The molecule has 4 N–H and O–H groups in total. The van der Waals surface area contributed by atoms with E-state index in [0.29, 0.717) is 5.56 Å². The molecule has 2 aromatic rings. The summed E-state index contributed by atoms with van der Waals surface area (Å²) in [6.07, 6.45) is 10.1. The summed E-state index contributed by atoms with van der Waals surface area (Å²) in [5.74, 6) is -4.23. The minimum atomic E-state index is -2.48. The van der Waals surface area contributed by atoms with Gasteiger partial charge in [-0.1, -0.05) is 34.9 Å². The van der Waals surface area contributed by atoms with Crippen molar-refractivity contribution in [1.29, 1.82) is 0 Å². The SMILES string of the molecule is CC(C)=CCCC(C)=CCCC(C)=CC[C@]12Oc3cc(O)cc(O)c3C(=O)[C@@]1(O)Oc1cc(O)ccc12. The van der Waals surface area contributed by atoms with Gasteiger partial charge in [-0.2, -0.15) is 0 Å². The highest BCUT2D eigenvalue weighted by Crippen LogP contribution is 2.58. The van der Waals surface area contributed by atoms with Gasteiger partial charge in [0.25, 0.3) is 0 Å². The number of rotatable bonds is 8. The van der Waals surface area contributed by atoms with E-state index in [1.54, 1.807) is 6.07 Å². The summed E-state index contributed by atoms with van der Waals surface area (Å²) in [5, 5.41) is 42.0. The van der Waals surface area contributed by atoms with E-state index in [4.69, 9.17) is 9.47 Å². The highest BCUT2D eigenvalue weighted by molar-refractivity contribution is 6.08. The zero-order valence-electron chi connectivity index (χ0n) is 21.7. The van der Waals surface area contributed by atoms with Crippen LogP contribution in [0, 0.1) is 0 Å². The third-order valence-corrected chi connectivity index (χ3v) is 6.95. The van der Waals surface area contributed by atoms with Crippen LogP contribution < -0.4 is 9.47 Å². The largest absolute Gasteiger partial charge is 0.508 e. The standard InChI is InChI=1S/C30H34O7/c1-18(2)7-5-8-19(3)9-6-10-20(4)13-14-29-23-12-11-21(31)16-25(23)37-30(29,35)28(34)27-24(33)15-22(32)17-26(27)36-29/h7,9,11-13,15-17,31-33,35H,5-6,8,10,14H2,1-4H3/t29-,30-/m1/s1. The van der Waals surface area contributed by atoms with Gasteiger partial charge in [-0.05, 0) is 65.5 Å². The molecule has 7 nitrogen and oxygen atoms in total. The van der Waals surface area contributed by atoms with Crippen LogP contribution in [0.2, 0.25) is 0 Å². The number of aliphatic hydroxyl groups is 1. The average molecular weight is 507 g/mol. The van der Waals surface area contributed by atoms with Gasteiger partial charge in [0.15, 0.2) is 0 Å². The van der Waals surface area contributed by atoms with Crippen LogP contribution in [0.5, 0.6) is 28.7 Å². The summed E-state index contributed by atoms with van der Waals surface area (Å²) >= 11 is 0. The van der Waals surface area contributed by atoms with E-state index < -0.39 is 22.9 Å². The van der Waals surface area contributed by atoms with E-state index in [2.05, 4.69) is 32.9 Å². The fourth-order valence-electron chi connectivity index (χ4n) is 4.91. The molecule has 0 fully saturated rings. The monoisotopic (exact) mass is 506 g/mol. The highest BCUT2D eigenvalue weighted by atomic mass is 16.7. The number of allylic oxidation sites excluding steroid dienone is 5. The minimum absolute atomic E-state index is 0.0577. The molecule has 0 saturated carbocycles. The van der Waals surface area contributed by atoms with E-state index in [-0.39, 0.29) is 35.0 Å². The lowest BCUT2D eigenvalue weighted by molar-refractivity contribution is -0.201. The molecule has 2 aromatic carbocycles. The molecule has 0 aliphatic carbocycles. The Morgan fingerprint density at radius 2 is 1.49 bits per heavy atom. The van der Waals surface area contributed by atoms with Crippen molar-refractivity contribution >= 4 is 5.78 Å². The van der Waals surface area contributed by atoms with E-state index in [1.165, 1.54) is 29.3 Å². The summed E-state index contributed by atoms with van der Waals surface area (Å²) in [7, 11) is 0. The number of hydrogen-bond acceptors (Lipinski definition) is 7. The van der Waals surface area contributed by atoms with Crippen molar-refractivity contribution in [2.24, 2.45) is 0 Å². The van der Waals surface area contributed by atoms with Gasteiger partial charge in [-0.15, -0.1) is 0 Å². The Morgan fingerprint density at radius 1 is 0.838 bits per heavy atom. The molecule has 0 spiro atoms. The van der Waals surface area contributed by atoms with Crippen molar-refractivity contribution < 1.29 is 34.7 Å². The maximum absolute atomic E-state index is 13.5. The van der Waals surface area contributed by atoms with Crippen LogP contribution in [0.15, 0.2) is 65.3 Å². The van der Waals surface area contributed by atoms with Gasteiger partial charge >= 0.3 is 5.79 Å². The van der Waals surface area contributed by atoms with Gasteiger partial charge in [0, 0.05) is 30.2 Å². The van der Waals surface area contributed by atoms with Crippen LogP contribution in [-0.4, -0.2) is 32.0 Å². The quantitative estimate of drug-likeness (QED) is 0.317. The summed E-state index contributed by atoms with van der Waals surface area (Å²) < 4.78 is 12.0. The first kappa shape index (κ1) is 26.4.